The molecule has 0 aliphatic rings. The molecule has 0 bridgehead atoms. The number of likely N-dealkylation sites (N-methyl/N-ethyl adjacent to an activating group) is 1. The topological polar surface area (TPSA) is 71.5 Å². The minimum absolute atomic E-state index is 0.228. The van der Waals surface area contributed by atoms with Gasteiger partial charge < -0.3 is 15.0 Å². The predicted octanol–water partition coefficient (Wildman–Crippen LogP) is 4.40. The van der Waals surface area contributed by atoms with E-state index < -0.39 is 17.7 Å². The molecule has 1 atom stereocenters. The van der Waals surface area contributed by atoms with Crippen LogP contribution in [0.4, 0.5) is 10.5 Å². The van der Waals surface area contributed by atoms with Crippen LogP contribution < -0.4 is 10.2 Å². The minimum Gasteiger partial charge on any atom is -0.444 e. The number of anilines is 1. The number of alkyl carbamates (subject to hydrolysis) is 1. The zero-order valence-corrected chi connectivity index (χ0v) is 17.8. The Morgan fingerprint density at radius 1 is 1.17 bits per heavy atom. The Morgan fingerprint density at radius 3 is 2.59 bits per heavy atom. The summed E-state index contributed by atoms with van der Waals surface area (Å²) >= 11 is 1.55. The summed E-state index contributed by atoms with van der Waals surface area (Å²) in [6.07, 6.45) is -0.252. The van der Waals surface area contributed by atoms with E-state index in [9.17, 15) is 9.59 Å². The molecule has 0 aliphatic carbocycles. The van der Waals surface area contributed by atoms with Gasteiger partial charge in [-0.3, -0.25) is 4.79 Å². The minimum atomic E-state index is -0.761. The Hall–Kier alpha value is -2.93. The van der Waals surface area contributed by atoms with E-state index in [0.29, 0.717) is 6.42 Å². The molecule has 0 aliphatic heterocycles. The molecule has 0 saturated heterocycles. The Kier molecular flexibility index (Phi) is 6.17. The van der Waals surface area contributed by atoms with Gasteiger partial charge in [0.25, 0.3) is 0 Å². The zero-order chi connectivity index (χ0) is 21.0. The molecule has 0 radical (unpaired) electrons. The second-order valence-corrected chi connectivity index (χ2v) is 8.68. The van der Waals surface area contributed by atoms with Crippen molar-refractivity contribution >= 4 is 39.2 Å². The lowest BCUT2D eigenvalue weighted by atomic mass is 10.0. The standard InChI is InChI=1S/C22H25N3O3S/c1-22(2,3)28-21(27)24-18(12-15-8-6-5-7-9-15)20(26)25(4)16-10-11-19-17(13-16)23-14-29-19/h5-11,13-14,18H,12H2,1-4H3,(H,24,27)/t18-/m0/s1. The summed E-state index contributed by atoms with van der Waals surface area (Å²) in [5.41, 5.74) is 3.64. The van der Waals surface area contributed by atoms with Crippen molar-refractivity contribution in [2.75, 3.05) is 11.9 Å². The SMILES string of the molecule is CN(C(=O)[C@H](Cc1ccccc1)NC(=O)OC(C)(C)C)c1ccc2scnc2c1. The average molecular weight is 412 g/mol. The van der Waals surface area contributed by atoms with Crippen LogP contribution >= 0.6 is 11.3 Å². The molecule has 1 N–H and O–H groups in total. The molecule has 29 heavy (non-hydrogen) atoms. The van der Waals surface area contributed by atoms with E-state index in [2.05, 4.69) is 10.3 Å². The zero-order valence-electron chi connectivity index (χ0n) is 17.0. The Balaban J connectivity index is 1.82. The first-order chi connectivity index (χ1) is 13.7. The van der Waals surface area contributed by atoms with Gasteiger partial charge in [-0.15, -0.1) is 11.3 Å². The second kappa shape index (κ2) is 8.61. The van der Waals surface area contributed by atoms with Crippen molar-refractivity contribution in [1.82, 2.24) is 10.3 Å². The molecule has 0 unspecified atom stereocenters. The number of thiazole rings is 1. The van der Waals surface area contributed by atoms with Crippen LogP contribution in [0, 0.1) is 0 Å². The maximum absolute atomic E-state index is 13.3. The first kappa shape index (κ1) is 20.8. The molecule has 0 saturated carbocycles. The van der Waals surface area contributed by atoms with Gasteiger partial charge in [0.15, 0.2) is 0 Å². The van der Waals surface area contributed by atoms with E-state index in [1.807, 2.05) is 48.5 Å². The number of carbonyl (C=O) groups excluding carboxylic acids is 2. The van der Waals surface area contributed by atoms with Crippen molar-refractivity contribution in [3.63, 3.8) is 0 Å². The summed E-state index contributed by atoms with van der Waals surface area (Å²) in [7, 11) is 1.70. The van der Waals surface area contributed by atoms with Gasteiger partial charge in [0.1, 0.15) is 11.6 Å². The third kappa shape index (κ3) is 5.54. The maximum atomic E-state index is 13.3. The molecule has 1 heterocycles. The van der Waals surface area contributed by atoms with Crippen LogP contribution in [-0.2, 0) is 16.0 Å². The van der Waals surface area contributed by atoms with Crippen molar-refractivity contribution in [1.29, 1.82) is 0 Å². The van der Waals surface area contributed by atoms with Gasteiger partial charge in [0.05, 0.1) is 15.7 Å². The number of nitrogens with one attached hydrogen (secondary N) is 1. The number of amides is 2. The lowest BCUT2D eigenvalue weighted by Gasteiger charge is -2.26. The smallest absolute Gasteiger partial charge is 0.408 e. The molecular formula is C22H25N3O3S. The van der Waals surface area contributed by atoms with Crippen molar-refractivity contribution in [3.8, 4) is 0 Å². The first-order valence-corrected chi connectivity index (χ1v) is 10.3. The predicted molar refractivity (Wildman–Crippen MR) is 116 cm³/mol. The fraction of sp³-hybridized carbons (Fsp3) is 0.318. The van der Waals surface area contributed by atoms with E-state index in [-0.39, 0.29) is 5.91 Å². The number of fused-ring (bicyclic) bond motifs is 1. The van der Waals surface area contributed by atoms with Crippen molar-refractivity contribution in [3.05, 3.63) is 59.6 Å². The lowest BCUT2D eigenvalue weighted by Crippen LogP contribution is -2.50. The Morgan fingerprint density at radius 2 is 1.90 bits per heavy atom. The lowest BCUT2D eigenvalue weighted by molar-refractivity contribution is -0.120. The van der Waals surface area contributed by atoms with Crippen LogP contribution in [0.5, 0.6) is 0 Å². The number of carbonyl (C=O) groups is 2. The third-order valence-electron chi connectivity index (χ3n) is 4.30. The number of ether oxygens (including phenoxy) is 1. The highest BCUT2D eigenvalue weighted by Crippen LogP contribution is 2.24. The van der Waals surface area contributed by atoms with Gasteiger partial charge in [-0.2, -0.15) is 0 Å². The number of rotatable bonds is 5. The Bertz CT molecular complexity index is 995. The number of benzene rings is 2. The molecular weight excluding hydrogens is 386 g/mol. The van der Waals surface area contributed by atoms with Crippen molar-refractivity contribution in [2.45, 2.75) is 38.8 Å². The van der Waals surface area contributed by atoms with Crippen LogP contribution in [0.3, 0.4) is 0 Å². The number of nitrogens with zero attached hydrogens (tertiary/aromatic N) is 2. The number of hydrogen-bond acceptors (Lipinski definition) is 5. The molecule has 6 nitrogen and oxygen atoms in total. The van der Waals surface area contributed by atoms with Gasteiger partial charge in [-0.1, -0.05) is 30.3 Å². The first-order valence-electron chi connectivity index (χ1n) is 9.37. The molecule has 3 rings (SSSR count). The number of aromatic nitrogens is 1. The summed E-state index contributed by atoms with van der Waals surface area (Å²) in [4.78, 5) is 31.5. The van der Waals surface area contributed by atoms with Crippen LogP contribution in [0.15, 0.2) is 54.0 Å². The summed E-state index contributed by atoms with van der Waals surface area (Å²) in [6, 6.07) is 14.5. The normalized spacial score (nSPS) is 12.4. The fourth-order valence-electron chi connectivity index (χ4n) is 2.92. The molecule has 152 valence electrons. The van der Waals surface area contributed by atoms with Crippen LogP contribution in [-0.4, -0.2) is 35.7 Å². The maximum Gasteiger partial charge on any atom is 0.408 e. The van der Waals surface area contributed by atoms with Gasteiger partial charge in [-0.05, 0) is 44.5 Å². The van der Waals surface area contributed by atoms with Crippen LogP contribution in [0.2, 0.25) is 0 Å². The molecule has 7 heteroatoms. The van der Waals surface area contributed by atoms with E-state index in [0.717, 1.165) is 21.5 Å². The van der Waals surface area contributed by atoms with E-state index >= 15 is 0 Å². The molecule has 2 amide bonds. The third-order valence-corrected chi connectivity index (χ3v) is 5.11. The number of hydrogen-bond donors (Lipinski definition) is 1. The van der Waals surface area contributed by atoms with Gasteiger partial charge >= 0.3 is 6.09 Å². The van der Waals surface area contributed by atoms with Crippen LogP contribution in [0.25, 0.3) is 10.2 Å². The quantitative estimate of drug-likeness (QED) is 0.676. The molecule has 0 fully saturated rings. The van der Waals surface area contributed by atoms with Gasteiger partial charge in [0.2, 0.25) is 5.91 Å². The van der Waals surface area contributed by atoms with Gasteiger partial charge in [0, 0.05) is 19.2 Å². The fourth-order valence-corrected chi connectivity index (χ4v) is 3.57. The second-order valence-electron chi connectivity index (χ2n) is 7.79. The summed E-state index contributed by atoms with van der Waals surface area (Å²) in [6.45, 7) is 5.36. The molecule has 3 aromatic rings. The molecule has 1 aromatic heterocycles. The van der Waals surface area contributed by atoms with Crippen LogP contribution in [0.1, 0.15) is 26.3 Å². The summed E-state index contributed by atoms with van der Waals surface area (Å²) in [5.74, 6) is -0.228. The highest BCUT2D eigenvalue weighted by atomic mass is 32.1. The van der Waals surface area contributed by atoms with E-state index in [1.165, 1.54) is 0 Å². The highest BCUT2D eigenvalue weighted by molar-refractivity contribution is 7.16. The highest BCUT2D eigenvalue weighted by Gasteiger charge is 2.27. The van der Waals surface area contributed by atoms with Crippen molar-refractivity contribution < 1.29 is 14.3 Å². The van der Waals surface area contributed by atoms with E-state index in [1.54, 1.807) is 49.6 Å². The monoisotopic (exact) mass is 411 g/mol. The molecule has 0 spiro atoms. The van der Waals surface area contributed by atoms with E-state index in [4.69, 9.17) is 4.74 Å². The largest absolute Gasteiger partial charge is 0.444 e. The average Bonchev–Trinajstić information content (AvgIpc) is 3.13. The van der Waals surface area contributed by atoms with Gasteiger partial charge in [-0.25, -0.2) is 9.78 Å². The summed E-state index contributed by atoms with van der Waals surface area (Å²) < 4.78 is 6.42. The Labute approximate surface area is 174 Å². The summed E-state index contributed by atoms with van der Waals surface area (Å²) in [5, 5.41) is 2.74. The molecule has 2 aromatic carbocycles. The van der Waals surface area contributed by atoms with Crippen molar-refractivity contribution in [2.24, 2.45) is 0 Å².